The van der Waals surface area contributed by atoms with Crippen molar-refractivity contribution in [2.75, 3.05) is 0 Å². The molecule has 0 bridgehead atoms. The normalized spacial score (nSPS) is 12.0. The van der Waals surface area contributed by atoms with Gasteiger partial charge in [-0.05, 0) is 36.6 Å². The van der Waals surface area contributed by atoms with Gasteiger partial charge in [0, 0.05) is 15.3 Å². The molecular weight excluding hydrogens is 320 g/mol. The Labute approximate surface area is 147 Å². The molecule has 0 saturated heterocycles. The maximum Gasteiger partial charge on any atom is 0.251 e. The molecule has 2 amide bonds. The van der Waals surface area contributed by atoms with Crippen LogP contribution in [-0.4, -0.2) is 17.9 Å². The number of hydrogen-bond acceptors (Lipinski definition) is 3. The number of aryl methyl sites for hydroxylation is 1. The van der Waals surface area contributed by atoms with Crippen LogP contribution in [0.25, 0.3) is 0 Å². The van der Waals surface area contributed by atoms with Crippen molar-refractivity contribution in [3.63, 3.8) is 0 Å². The molecule has 1 aromatic heterocycles. The van der Waals surface area contributed by atoms with Crippen LogP contribution in [0.15, 0.2) is 42.5 Å². The number of hydrogen-bond donors (Lipinski definition) is 2. The van der Waals surface area contributed by atoms with E-state index in [2.05, 4.69) is 23.6 Å². The Morgan fingerprint density at radius 2 is 1.71 bits per heavy atom. The van der Waals surface area contributed by atoms with Crippen molar-refractivity contribution < 1.29 is 9.59 Å². The molecule has 0 saturated carbocycles. The molecule has 5 heteroatoms. The monoisotopic (exact) mass is 344 g/mol. The lowest BCUT2D eigenvalue weighted by atomic mass is 10.0. The largest absolute Gasteiger partial charge is 0.349 e. The van der Waals surface area contributed by atoms with E-state index in [1.165, 1.54) is 4.88 Å². The fourth-order valence-electron chi connectivity index (χ4n) is 2.34. The van der Waals surface area contributed by atoms with Gasteiger partial charge >= 0.3 is 0 Å². The van der Waals surface area contributed by atoms with E-state index in [4.69, 9.17) is 0 Å². The maximum atomic E-state index is 12.5. The Bertz CT molecular complexity index is 680. The van der Waals surface area contributed by atoms with Gasteiger partial charge in [-0.2, -0.15) is 0 Å². The van der Waals surface area contributed by atoms with Gasteiger partial charge in [0.15, 0.2) is 0 Å². The molecule has 1 unspecified atom stereocenters. The predicted molar refractivity (Wildman–Crippen MR) is 98.1 cm³/mol. The lowest BCUT2D eigenvalue weighted by Gasteiger charge is -2.21. The molecule has 24 heavy (non-hydrogen) atoms. The second-order valence-corrected chi connectivity index (χ2v) is 7.25. The SMILES string of the molecule is CCc1ccc(CNC(=O)C(NC(=O)c2ccccc2)C(C)C)s1. The van der Waals surface area contributed by atoms with Crippen LogP contribution in [0.1, 0.15) is 40.9 Å². The molecule has 0 spiro atoms. The molecule has 0 radical (unpaired) electrons. The smallest absolute Gasteiger partial charge is 0.251 e. The average molecular weight is 344 g/mol. The van der Waals surface area contributed by atoms with Crippen LogP contribution in [0, 0.1) is 5.92 Å². The van der Waals surface area contributed by atoms with Gasteiger partial charge in [-0.3, -0.25) is 9.59 Å². The molecule has 2 aromatic rings. The molecule has 1 aromatic carbocycles. The van der Waals surface area contributed by atoms with E-state index in [1.54, 1.807) is 23.5 Å². The second kappa shape index (κ2) is 8.64. The molecule has 0 aliphatic heterocycles. The Hall–Kier alpha value is -2.14. The van der Waals surface area contributed by atoms with E-state index >= 15 is 0 Å². The van der Waals surface area contributed by atoms with Gasteiger partial charge in [0.25, 0.3) is 5.91 Å². The standard InChI is InChI=1S/C19H24N2O2S/c1-4-15-10-11-16(24-15)12-20-19(23)17(13(2)3)21-18(22)14-8-6-5-7-9-14/h5-11,13,17H,4,12H2,1-3H3,(H,20,23)(H,21,22). The lowest BCUT2D eigenvalue weighted by molar-refractivity contribution is -0.124. The van der Waals surface area contributed by atoms with Gasteiger partial charge in [0.2, 0.25) is 5.91 Å². The minimum Gasteiger partial charge on any atom is -0.349 e. The van der Waals surface area contributed by atoms with Gasteiger partial charge < -0.3 is 10.6 Å². The highest BCUT2D eigenvalue weighted by Crippen LogP contribution is 2.16. The zero-order chi connectivity index (χ0) is 17.5. The summed E-state index contributed by atoms with van der Waals surface area (Å²) in [4.78, 5) is 27.2. The quantitative estimate of drug-likeness (QED) is 0.809. The molecular formula is C19H24N2O2S. The lowest BCUT2D eigenvalue weighted by Crippen LogP contribution is -2.49. The summed E-state index contributed by atoms with van der Waals surface area (Å²) in [6, 6.07) is 12.5. The number of carbonyl (C=O) groups is 2. The second-order valence-electron chi connectivity index (χ2n) is 6.00. The summed E-state index contributed by atoms with van der Waals surface area (Å²) in [5.74, 6) is -0.373. The van der Waals surface area contributed by atoms with Gasteiger partial charge in [-0.1, -0.05) is 39.0 Å². The number of carbonyl (C=O) groups excluding carboxylic acids is 2. The Morgan fingerprint density at radius 3 is 2.29 bits per heavy atom. The summed E-state index contributed by atoms with van der Waals surface area (Å²) < 4.78 is 0. The molecule has 0 aliphatic rings. The summed E-state index contributed by atoms with van der Waals surface area (Å²) >= 11 is 1.70. The van der Waals surface area contributed by atoms with Crippen molar-refractivity contribution >= 4 is 23.2 Å². The summed E-state index contributed by atoms with van der Waals surface area (Å²) in [5.41, 5.74) is 0.557. The van der Waals surface area contributed by atoms with Crippen LogP contribution in [0.5, 0.6) is 0 Å². The van der Waals surface area contributed by atoms with E-state index < -0.39 is 6.04 Å². The fourth-order valence-corrected chi connectivity index (χ4v) is 3.24. The maximum absolute atomic E-state index is 12.5. The van der Waals surface area contributed by atoms with Crippen molar-refractivity contribution in [3.8, 4) is 0 Å². The average Bonchev–Trinajstić information content (AvgIpc) is 3.06. The predicted octanol–water partition coefficient (Wildman–Crippen LogP) is 3.38. The van der Waals surface area contributed by atoms with E-state index in [1.807, 2.05) is 38.1 Å². The highest BCUT2D eigenvalue weighted by Gasteiger charge is 2.24. The van der Waals surface area contributed by atoms with Crippen molar-refractivity contribution in [3.05, 3.63) is 57.8 Å². The van der Waals surface area contributed by atoms with E-state index in [0.717, 1.165) is 11.3 Å². The summed E-state index contributed by atoms with van der Waals surface area (Å²) in [6.07, 6.45) is 1.00. The van der Waals surface area contributed by atoms with Gasteiger partial charge in [0.05, 0.1) is 6.54 Å². The zero-order valence-electron chi connectivity index (χ0n) is 14.3. The third-order valence-electron chi connectivity index (χ3n) is 3.77. The minimum atomic E-state index is -0.552. The van der Waals surface area contributed by atoms with Crippen LogP contribution < -0.4 is 10.6 Å². The number of amides is 2. The topological polar surface area (TPSA) is 58.2 Å². The first kappa shape index (κ1) is 18.2. The van der Waals surface area contributed by atoms with E-state index in [9.17, 15) is 9.59 Å². The molecule has 1 atom stereocenters. The van der Waals surface area contributed by atoms with Crippen LogP contribution in [-0.2, 0) is 17.8 Å². The highest BCUT2D eigenvalue weighted by molar-refractivity contribution is 7.11. The van der Waals surface area contributed by atoms with E-state index in [0.29, 0.717) is 12.1 Å². The van der Waals surface area contributed by atoms with Crippen LogP contribution in [0.4, 0.5) is 0 Å². The van der Waals surface area contributed by atoms with Crippen LogP contribution in [0.2, 0.25) is 0 Å². The Kier molecular flexibility index (Phi) is 6.55. The Balaban J connectivity index is 1.96. The van der Waals surface area contributed by atoms with Crippen molar-refractivity contribution in [2.24, 2.45) is 5.92 Å². The molecule has 1 heterocycles. The fraction of sp³-hybridized carbons (Fsp3) is 0.368. The third-order valence-corrected chi connectivity index (χ3v) is 5.00. The first-order chi connectivity index (χ1) is 11.5. The van der Waals surface area contributed by atoms with Crippen LogP contribution in [0.3, 0.4) is 0 Å². The summed E-state index contributed by atoms with van der Waals surface area (Å²) in [6.45, 7) is 6.46. The Morgan fingerprint density at radius 1 is 1.04 bits per heavy atom. The summed E-state index contributed by atoms with van der Waals surface area (Å²) in [5, 5.41) is 5.77. The zero-order valence-corrected chi connectivity index (χ0v) is 15.2. The van der Waals surface area contributed by atoms with Crippen molar-refractivity contribution in [2.45, 2.75) is 39.8 Å². The summed E-state index contributed by atoms with van der Waals surface area (Å²) in [7, 11) is 0. The van der Waals surface area contributed by atoms with Crippen molar-refractivity contribution in [1.82, 2.24) is 10.6 Å². The van der Waals surface area contributed by atoms with E-state index in [-0.39, 0.29) is 17.7 Å². The number of nitrogens with one attached hydrogen (secondary N) is 2. The number of rotatable bonds is 7. The molecule has 0 fully saturated rings. The van der Waals surface area contributed by atoms with Crippen LogP contribution >= 0.6 is 11.3 Å². The van der Waals surface area contributed by atoms with Gasteiger partial charge in [-0.15, -0.1) is 11.3 Å². The third kappa shape index (κ3) is 4.93. The first-order valence-electron chi connectivity index (χ1n) is 8.22. The molecule has 2 N–H and O–H groups in total. The first-order valence-corrected chi connectivity index (χ1v) is 9.04. The molecule has 0 aliphatic carbocycles. The molecule has 2 rings (SSSR count). The minimum absolute atomic E-state index is 0.00667. The van der Waals surface area contributed by atoms with Gasteiger partial charge in [-0.25, -0.2) is 0 Å². The van der Waals surface area contributed by atoms with Crippen molar-refractivity contribution in [1.29, 1.82) is 0 Å². The number of benzene rings is 1. The molecule has 4 nitrogen and oxygen atoms in total. The molecule has 128 valence electrons. The highest BCUT2D eigenvalue weighted by atomic mass is 32.1. The van der Waals surface area contributed by atoms with Gasteiger partial charge in [0.1, 0.15) is 6.04 Å². The number of thiophene rings is 1.